The van der Waals surface area contributed by atoms with E-state index < -0.39 is 5.91 Å². The maximum atomic E-state index is 12.4. The number of carbonyl (C=O) groups is 2. The fourth-order valence-electron chi connectivity index (χ4n) is 2.16. The summed E-state index contributed by atoms with van der Waals surface area (Å²) in [6, 6.07) is 11.7. The zero-order valence-electron chi connectivity index (χ0n) is 13.9. The topological polar surface area (TPSA) is 58.6 Å². The molecule has 1 N–H and O–H groups in total. The van der Waals surface area contributed by atoms with Gasteiger partial charge in [0, 0.05) is 12.6 Å². The first-order valence-electron chi connectivity index (χ1n) is 7.64. The van der Waals surface area contributed by atoms with Crippen LogP contribution in [0.1, 0.15) is 17.3 Å². The second-order valence-electron chi connectivity index (χ2n) is 5.26. The van der Waals surface area contributed by atoms with Crippen molar-refractivity contribution in [2.45, 2.75) is 6.92 Å². The predicted octanol–water partition coefficient (Wildman–Crippen LogP) is 4.10. The summed E-state index contributed by atoms with van der Waals surface area (Å²) in [4.78, 5) is 25.9. The van der Waals surface area contributed by atoms with Gasteiger partial charge in [0.15, 0.2) is 0 Å². The van der Waals surface area contributed by atoms with E-state index in [9.17, 15) is 9.59 Å². The summed E-state index contributed by atoms with van der Waals surface area (Å²) in [5, 5.41) is 3.29. The highest BCUT2D eigenvalue weighted by atomic mass is 35.5. The Morgan fingerprint density at radius 1 is 1.08 bits per heavy atom. The first-order chi connectivity index (χ1) is 11.9. The number of rotatable bonds is 6. The second kappa shape index (κ2) is 8.74. The molecule has 132 valence electrons. The zero-order chi connectivity index (χ0) is 18.4. The molecular weight excluding hydrogens is 363 g/mol. The van der Waals surface area contributed by atoms with Crippen LogP contribution in [0.3, 0.4) is 0 Å². The van der Waals surface area contributed by atoms with Crippen molar-refractivity contribution in [3.8, 4) is 5.75 Å². The van der Waals surface area contributed by atoms with Gasteiger partial charge in [-0.3, -0.25) is 9.59 Å². The summed E-state index contributed by atoms with van der Waals surface area (Å²) in [5.41, 5.74) is 0.798. The fraction of sp³-hybridized carbons (Fsp3) is 0.222. The largest absolute Gasteiger partial charge is 0.494 e. The van der Waals surface area contributed by atoms with E-state index in [-0.39, 0.29) is 12.5 Å². The molecule has 0 fully saturated rings. The second-order valence-corrected chi connectivity index (χ2v) is 6.08. The van der Waals surface area contributed by atoms with Gasteiger partial charge in [-0.15, -0.1) is 0 Å². The lowest BCUT2D eigenvalue weighted by Crippen LogP contribution is -2.35. The van der Waals surface area contributed by atoms with Crippen LogP contribution in [-0.2, 0) is 4.79 Å². The Labute approximate surface area is 156 Å². The third kappa shape index (κ3) is 5.11. The van der Waals surface area contributed by atoms with E-state index in [1.807, 2.05) is 6.92 Å². The molecule has 0 aliphatic rings. The van der Waals surface area contributed by atoms with Gasteiger partial charge in [-0.1, -0.05) is 29.3 Å². The Morgan fingerprint density at radius 3 is 2.24 bits per heavy atom. The third-order valence-corrected chi connectivity index (χ3v) is 4.00. The SMILES string of the molecule is CCOc1ccc(C(=O)N(C)CC(=O)Nc2c(Cl)cccc2Cl)cc1. The Hall–Kier alpha value is -2.24. The van der Waals surface area contributed by atoms with Crippen LogP contribution in [0.15, 0.2) is 42.5 Å². The number of benzene rings is 2. The average Bonchev–Trinajstić information content (AvgIpc) is 2.58. The number of likely N-dealkylation sites (N-methyl/N-ethyl adjacent to an activating group) is 1. The van der Waals surface area contributed by atoms with Crippen LogP contribution in [0.25, 0.3) is 0 Å². The van der Waals surface area contributed by atoms with Crippen LogP contribution >= 0.6 is 23.2 Å². The molecule has 7 heteroatoms. The lowest BCUT2D eigenvalue weighted by molar-refractivity contribution is -0.116. The zero-order valence-corrected chi connectivity index (χ0v) is 15.4. The maximum Gasteiger partial charge on any atom is 0.254 e. The minimum atomic E-state index is -0.392. The molecular formula is C18H18Cl2N2O3. The number of ether oxygens (including phenoxy) is 1. The van der Waals surface area contributed by atoms with Crippen LogP contribution in [0.5, 0.6) is 5.75 Å². The lowest BCUT2D eigenvalue weighted by Gasteiger charge is -2.17. The van der Waals surface area contributed by atoms with Gasteiger partial charge in [0.2, 0.25) is 5.91 Å². The van der Waals surface area contributed by atoms with Gasteiger partial charge in [0.25, 0.3) is 5.91 Å². The summed E-state index contributed by atoms with van der Waals surface area (Å²) in [6.07, 6.45) is 0. The molecule has 0 saturated heterocycles. The molecule has 0 aromatic heterocycles. The Morgan fingerprint density at radius 2 is 1.68 bits per heavy atom. The fourth-order valence-corrected chi connectivity index (χ4v) is 2.66. The molecule has 0 aliphatic carbocycles. The number of amides is 2. The van der Waals surface area contributed by atoms with E-state index in [0.29, 0.717) is 33.7 Å². The number of nitrogens with one attached hydrogen (secondary N) is 1. The van der Waals surface area contributed by atoms with Crippen LogP contribution in [0, 0.1) is 0 Å². The summed E-state index contributed by atoms with van der Waals surface area (Å²) >= 11 is 12.0. The Bertz CT molecular complexity index is 743. The number of para-hydroxylation sites is 1. The number of anilines is 1. The number of hydrogen-bond acceptors (Lipinski definition) is 3. The van der Waals surface area contributed by atoms with Gasteiger partial charge in [-0.25, -0.2) is 0 Å². The molecule has 0 radical (unpaired) electrons. The van der Waals surface area contributed by atoms with Crippen molar-refractivity contribution >= 4 is 40.7 Å². The van der Waals surface area contributed by atoms with Crippen LogP contribution in [0.2, 0.25) is 10.0 Å². The van der Waals surface area contributed by atoms with Crippen molar-refractivity contribution in [3.63, 3.8) is 0 Å². The number of carbonyl (C=O) groups excluding carboxylic acids is 2. The van der Waals surface area contributed by atoms with Gasteiger partial charge < -0.3 is 15.0 Å². The molecule has 0 saturated carbocycles. The molecule has 0 heterocycles. The molecule has 0 spiro atoms. The quantitative estimate of drug-likeness (QED) is 0.820. The van der Waals surface area contributed by atoms with Crippen molar-refractivity contribution in [1.82, 2.24) is 4.90 Å². The Balaban J connectivity index is 1.99. The normalized spacial score (nSPS) is 10.2. The first kappa shape index (κ1) is 19.1. The number of nitrogens with zero attached hydrogens (tertiary/aromatic N) is 1. The standard InChI is InChI=1S/C18H18Cl2N2O3/c1-3-25-13-9-7-12(8-10-13)18(24)22(2)11-16(23)21-17-14(19)5-4-6-15(17)20/h4-10H,3,11H2,1-2H3,(H,21,23). The van der Waals surface area contributed by atoms with Gasteiger partial charge in [-0.05, 0) is 43.3 Å². The van der Waals surface area contributed by atoms with E-state index in [0.717, 1.165) is 0 Å². The molecule has 5 nitrogen and oxygen atoms in total. The molecule has 0 unspecified atom stereocenters. The molecule has 0 bridgehead atoms. The van der Waals surface area contributed by atoms with E-state index in [1.54, 1.807) is 49.5 Å². The summed E-state index contributed by atoms with van der Waals surface area (Å²) in [7, 11) is 1.55. The van der Waals surface area contributed by atoms with E-state index in [2.05, 4.69) is 5.32 Å². The van der Waals surface area contributed by atoms with Crippen molar-refractivity contribution in [2.75, 3.05) is 25.5 Å². The van der Waals surface area contributed by atoms with Gasteiger partial charge in [0.1, 0.15) is 5.75 Å². The minimum Gasteiger partial charge on any atom is -0.494 e. The molecule has 2 amide bonds. The maximum absolute atomic E-state index is 12.4. The molecule has 0 aliphatic heterocycles. The van der Waals surface area contributed by atoms with E-state index in [4.69, 9.17) is 27.9 Å². The molecule has 2 aromatic carbocycles. The Kier molecular flexibility index (Phi) is 6.67. The first-order valence-corrected chi connectivity index (χ1v) is 8.40. The summed E-state index contributed by atoms with van der Waals surface area (Å²) < 4.78 is 5.34. The molecule has 25 heavy (non-hydrogen) atoms. The van der Waals surface area contributed by atoms with Crippen molar-refractivity contribution in [1.29, 1.82) is 0 Å². The van der Waals surface area contributed by atoms with Gasteiger partial charge in [0.05, 0.1) is 28.9 Å². The van der Waals surface area contributed by atoms with E-state index in [1.165, 1.54) is 4.90 Å². The lowest BCUT2D eigenvalue weighted by atomic mass is 10.2. The highest BCUT2D eigenvalue weighted by Crippen LogP contribution is 2.29. The van der Waals surface area contributed by atoms with Crippen molar-refractivity contribution in [2.24, 2.45) is 0 Å². The molecule has 0 atom stereocenters. The highest BCUT2D eigenvalue weighted by molar-refractivity contribution is 6.39. The number of hydrogen-bond donors (Lipinski definition) is 1. The third-order valence-electron chi connectivity index (χ3n) is 3.37. The smallest absolute Gasteiger partial charge is 0.254 e. The van der Waals surface area contributed by atoms with Crippen molar-refractivity contribution in [3.05, 3.63) is 58.1 Å². The number of halogens is 2. The van der Waals surface area contributed by atoms with Crippen molar-refractivity contribution < 1.29 is 14.3 Å². The van der Waals surface area contributed by atoms with E-state index >= 15 is 0 Å². The highest BCUT2D eigenvalue weighted by Gasteiger charge is 2.16. The summed E-state index contributed by atoms with van der Waals surface area (Å²) in [5.74, 6) is 0.0213. The predicted molar refractivity (Wildman–Crippen MR) is 99.7 cm³/mol. The van der Waals surface area contributed by atoms with Gasteiger partial charge in [-0.2, -0.15) is 0 Å². The summed E-state index contributed by atoms with van der Waals surface area (Å²) in [6.45, 7) is 2.31. The van der Waals surface area contributed by atoms with Crippen LogP contribution in [-0.4, -0.2) is 36.9 Å². The molecule has 2 aromatic rings. The molecule has 2 rings (SSSR count). The van der Waals surface area contributed by atoms with Crippen LogP contribution < -0.4 is 10.1 Å². The van der Waals surface area contributed by atoms with Gasteiger partial charge >= 0.3 is 0 Å². The monoisotopic (exact) mass is 380 g/mol. The van der Waals surface area contributed by atoms with Crippen LogP contribution in [0.4, 0.5) is 5.69 Å². The minimum absolute atomic E-state index is 0.131. The average molecular weight is 381 g/mol.